The number of anilines is 1. The van der Waals surface area contributed by atoms with E-state index in [9.17, 15) is 15.0 Å². The smallest absolute Gasteiger partial charge is 0.218 e. The topological polar surface area (TPSA) is 126 Å². The van der Waals surface area contributed by atoms with Crippen LogP contribution in [0.5, 0.6) is 0 Å². The summed E-state index contributed by atoms with van der Waals surface area (Å²) in [4.78, 5) is 25.5. The van der Waals surface area contributed by atoms with Crippen molar-refractivity contribution >= 4 is 27.5 Å². The minimum absolute atomic E-state index is 0.234. The minimum Gasteiger partial charge on any atom is -0.390 e. The largest absolute Gasteiger partial charge is 0.390 e. The van der Waals surface area contributed by atoms with Crippen LogP contribution in [0.4, 0.5) is 5.82 Å². The number of halogens is 1. The van der Waals surface area contributed by atoms with Crippen LogP contribution in [-0.4, -0.2) is 59.0 Å². The summed E-state index contributed by atoms with van der Waals surface area (Å²) in [6, 6.07) is 6.74. The molecule has 0 aliphatic heterocycles. The van der Waals surface area contributed by atoms with Gasteiger partial charge in [0.25, 0.3) is 0 Å². The molecule has 3 N–H and O–H groups in total. The molecule has 3 aromatic heterocycles. The zero-order valence-electron chi connectivity index (χ0n) is 15.9. The number of aliphatic hydroxyl groups is 2. The third kappa shape index (κ3) is 4.25. The average molecular weight is 472 g/mol. The quantitative estimate of drug-likeness (QED) is 0.364. The van der Waals surface area contributed by atoms with E-state index in [2.05, 4.69) is 48.2 Å². The first-order valence-electron chi connectivity index (χ1n) is 9.37. The Balaban J connectivity index is 1.52. The number of ketones is 1. The van der Waals surface area contributed by atoms with E-state index in [1.807, 2.05) is 18.2 Å². The Hall–Kier alpha value is -2.69. The van der Waals surface area contributed by atoms with Crippen LogP contribution in [-0.2, 0) is 6.54 Å². The molecular formula is C20H20BrN6O3. The van der Waals surface area contributed by atoms with E-state index in [0.29, 0.717) is 13.0 Å². The Morgan fingerprint density at radius 2 is 2.13 bits per heavy atom. The molecule has 4 atom stereocenters. The zero-order valence-corrected chi connectivity index (χ0v) is 17.5. The Morgan fingerprint density at radius 1 is 1.30 bits per heavy atom. The second-order valence-corrected chi connectivity index (χ2v) is 8.00. The molecule has 155 valence electrons. The highest BCUT2D eigenvalue weighted by Gasteiger charge is 2.39. The third-order valence-electron chi connectivity index (χ3n) is 5.05. The molecule has 30 heavy (non-hydrogen) atoms. The standard InChI is InChI=1S/C20H20BrN6O3/c1-11-7-15(19(30)17(11)28)25-20-13(8-22-10-23-20)18(29)14-5-6-27(26-14)9-12-3-2-4-16(21)24-12/h2-6,8,10-11,15,17,19,28,30H,1,7,9H2,(H,22,23,25)/t11-,15-,17-,19+/m1/s1. The molecule has 9 nitrogen and oxygen atoms in total. The van der Waals surface area contributed by atoms with Crippen LogP contribution in [0.2, 0.25) is 0 Å². The second-order valence-electron chi connectivity index (χ2n) is 7.19. The molecule has 1 radical (unpaired) electrons. The fraction of sp³-hybridized carbons (Fsp3) is 0.300. The summed E-state index contributed by atoms with van der Waals surface area (Å²) >= 11 is 3.34. The van der Waals surface area contributed by atoms with Crippen molar-refractivity contribution in [3.8, 4) is 0 Å². The van der Waals surface area contributed by atoms with Crippen molar-refractivity contribution in [3.63, 3.8) is 0 Å². The molecule has 0 bridgehead atoms. The van der Waals surface area contributed by atoms with Crippen LogP contribution in [0.3, 0.4) is 0 Å². The Kier molecular flexibility index (Phi) is 5.89. The molecule has 0 unspecified atom stereocenters. The second kappa shape index (κ2) is 8.58. The van der Waals surface area contributed by atoms with Gasteiger partial charge in [-0.05, 0) is 53.4 Å². The molecule has 0 amide bonds. The summed E-state index contributed by atoms with van der Waals surface area (Å²) in [6.45, 7) is 4.25. The van der Waals surface area contributed by atoms with Gasteiger partial charge < -0.3 is 15.5 Å². The number of carbonyl (C=O) groups is 1. The third-order valence-corrected chi connectivity index (χ3v) is 5.49. The van der Waals surface area contributed by atoms with Crippen LogP contribution in [0, 0.1) is 12.8 Å². The average Bonchev–Trinajstić information content (AvgIpc) is 3.29. The number of carbonyl (C=O) groups excluding carboxylic acids is 1. The van der Waals surface area contributed by atoms with E-state index < -0.39 is 18.2 Å². The summed E-state index contributed by atoms with van der Waals surface area (Å²) in [6.07, 6.45) is 2.96. The van der Waals surface area contributed by atoms with Crippen molar-refractivity contribution in [1.82, 2.24) is 24.7 Å². The van der Waals surface area contributed by atoms with Crippen molar-refractivity contribution in [1.29, 1.82) is 0 Å². The molecule has 3 heterocycles. The van der Waals surface area contributed by atoms with Gasteiger partial charge in [0.15, 0.2) is 0 Å². The number of aliphatic hydroxyl groups excluding tert-OH is 2. The predicted octanol–water partition coefficient (Wildman–Crippen LogP) is 1.47. The van der Waals surface area contributed by atoms with E-state index in [4.69, 9.17) is 0 Å². The summed E-state index contributed by atoms with van der Waals surface area (Å²) in [7, 11) is 0. The summed E-state index contributed by atoms with van der Waals surface area (Å²) in [5.74, 6) is -0.373. The number of rotatable bonds is 6. The number of nitrogens with zero attached hydrogens (tertiary/aromatic N) is 5. The van der Waals surface area contributed by atoms with Gasteiger partial charge in [-0.15, -0.1) is 0 Å². The molecule has 1 fully saturated rings. The van der Waals surface area contributed by atoms with E-state index >= 15 is 0 Å². The van der Waals surface area contributed by atoms with Gasteiger partial charge in [0.05, 0.1) is 29.9 Å². The van der Waals surface area contributed by atoms with Gasteiger partial charge in [-0.3, -0.25) is 9.48 Å². The Labute approximate surface area is 181 Å². The summed E-state index contributed by atoms with van der Waals surface area (Å²) in [5.41, 5.74) is 1.27. The van der Waals surface area contributed by atoms with Crippen LogP contribution in [0.25, 0.3) is 0 Å². The lowest BCUT2D eigenvalue weighted by atomic mass is 10.1. The van der Waals surface area contributed by atoms with Crippen molar-refractivity contribution < 1.29 is 15.0 Å². The summed E-state index contributed by atoms with van der Waals surface area (Å²) in [5, 5.41) is 27.5. The molecule has 4 rings (SSSR count). The molecule has 0 spiro atoms. The van der Waals surface area contributed by atoms with Gasteiger partial charge in [-0.2, -0.15) is 5.10 Å². The molecule has 1 saturated carbocycles. The number of hydrogen-bond acceptors (Lipinski definition) is 8. The van der Waals surface area contributed by atoms with Crippen LogP contribution in [0.1, 0.15) is 28.2 Å². The fourth-order valence-electron chi connectivity index (χ4n) is 3.47. The Morgan fingerprint density at radius 3 is 2.87 bits per heavy atom. The maximum Gasteiger partial charge on any atom is 0.218 e. The van der Waals surface area contributed by atoms with Crippen molar-refractivity contribution in [2.45, 2.75) is 31.2 Å². The zero-order chi connectivity index (χ0) is 21.3. The van der Waals surface area contributed by atoms with Crippen molar-refractivity contribution in [2.24, 2.45) is 5.92 Å². The molecule has 1 aliphatic rings. The molecular weight excluding hydrogens is 452 g/mol. The van der Waals surface area contributed by atoms with Gasteiger partial charge >= 0.3 is 0 Å². The Bertz CT molecular complexity index is 1060. The lowest BCUT2D eigenvalue weighted by Gasteiger charge is -2.19. The van der Waals surface area contributed by atoms with E-state index in [1.165, 1.54) is 12.5 Å². The maximum atomic E-state index is 13.0. The predicted molar refractivity (Wildman–Crippen MR) is 112 cm³/mol. The van der Waals surface area contributed by atoms with Gasteiger partial charge in [0.1, 0.15) is 28.5 Å². The van der Waals surface area contributed by atoms with Crippen LogP contribution >= 0.6 is 15.9 Å². The maximum absolute atomic E-state index is 13.0. The first kappa shape index (κ1) is 20.6. The van der Waals surface area contributed by atoms with E-state index in [-0.39, 0.29) is 28.8 Å². The SMILES string of the molecule is [CH2][C@@H]1C[C@@H](Nc2ncncc2C(=O)c2ccn(Cc3cccc(Br)n3)n2)[C@H](O)[C@@H]1O. The molecule has 0 aromatic carbocycles. The minimum atomic E-state index is -0.998. The van der Waals surface area contributed by atoms with Crippen molar-refractivity contribution in [2.75, 3.05) is 5.32 Å². The van der Waals surface area contributed by atoms with Gasteiger partial charge in [0.2, 0.25) is 5.78 Å². The monoisotopic (exact) mass is 471 g/mol. The number of nitrogens with one attached hydrogen (secondary N) is 1. The molecule has 10 heteroatoms. The van der Waals surface area contributed by atoms with E-state index in [0.717, 1.165) is 10.3 Å². The lowest BCUT2D eigenvalue weighted by molar-refractivity contribution is 0.0256. The number of pyridine rings is 1. The van der Waals surface area contributed by atoms with Crippen molar-refractivity contribution in [3.05, 3.63) is 71.5 Å². The van der Waals surface area contributed by atoms with Crippen LogP contribution in [0.15, 0.2) is 47.6 Å². The van der Waals surface area contributed by atoms with Gasteiger partial charge in [-0.1, -0.05) is 6.07 Å². The first-order chi connectivity index (χ1) is 14.4. The highest BCUT2D eigenvalue weighted by molar-refractivity contribution is 9.10. The first-order valence-corrected chi connectivity index (χ1v) is 10.2. The molecule has 3 aromatic rings. The number of aromatic nitrogens is 5. The molecule has 1 aliphatic carbocycles. The molecule has 0 saturated heterocycles. The van der Waals surface area contributed by atoms with Gasteiger partial charge in [0, 0.05) is 12.4 Å². The summed E-state index contributed by atoms with van der Waals surface area (Å²) < 4.78 is 2.35. The highest BCUT2D eigenvalue weighted by atomic mass is 79.9. The lowest BCUT2D eigenvalue weighted by Crippen LogP contribution is -2.35. The van der Waals surface area contributed by atoms with Gasteiger partial charge in [-0.25, -0.2) is 15.0 Å². The fourth-order valence-corrected chi connectivity index (χ4v) is 3.85. The normalized spacial score (nSPS) is 23.5. The van der Waals surface area contributed by atoms with E-state index in [1.54, 1.807) is 16.9 Å². The van der Waals surface area contributed by atoms with Crippen LogP contribution < -0.4 is 5.32 Å². The highest BCUT2D eigenvalue weighted by Crippen LogP contribution is 2.29. The number of hydrogen-bond donors (Lipinski definition) is 3.